The number of carbonyl (C=O) groups is 1. The number of methoxy groups -OCH3 is 2. The zero-order chi connectivity index (χ0) is 18.9. The lowest BCUT2D eigenvalue weighted by molar-refractivity contribution is -0.122. The van der Waals surface area contributed by atoms with E-state index in [9.17, 15) is 4.79 Å². The first kappa shape index (κ1) is 20.6. The summed E-state index contributed by atoms with van der Waals surface area (Å²) in [6.07, 6.45) is 1.17. The van der Waals surface area contributed by atoms with Crippen molar-refractivity contribution >= 4 is 29.0 Å². The van der Waals surface area contributed by atoms with Gasteiger partial charge in [-0.2, -0.15) is 0 Å². The molecule has 2 aromatic carbocycles. The van der Waals surface area contributed by atoms with Crippen molar-refractivity contribution in [1.82, 2.24) is 0 Å². The Balaban J connectivity index is 2.31. The third-order valence-corrected chi connectivity index (χ3v) is 4.96. The Labute approximate surface area is 165 Å². The number of ketones is 1. The van der Waals surface area contributed by atoms with E-state index in [0.29, 0.717) is 24.6 Å². The Hall–Kier alpha value is -1.71. The van der Waals surface area contributed by atoms with Crippen LogP contribution in [0.3, 0.4) is 0 Å². The largest absolute Gasteiger partial charge is 0.497 e. The Bertz CT molecular complexity index is 624. The molecule has 0 saturated carbocycles. The quantitative estimate of drug-likeness (QED) is 0.506. The van der Waals surface area contributed by atoms with Gasteiger partial charge in [-0.3, -0.25) is 4.79 Å². The fourth-order valence-electron chi connectivity index (χ4n) is 3.08. The molecule has 2 unspecified atom stereocenters. The molecule has 0 aliphatic heterocycles. The molecule has 0 N–H and O–H groups in total. The number of hydrogen-bond acceptors (Lipinski definition) is 3. The van der Waals surface area contributed by atoms with Crippen LogP contribution in [0.5, 0.6) is 11.5 Å². The molecular weight excluding hydrogens is 371 g/mol. The second-order valence-corrected chi connectivity index (χ2v) is 6.77. The van der Waals surface area contributed by atoms with E-state index < -0.39 is 0 Å². The van der Waals surface area contributed by atoms with Gasteiger partial charge in [0.25, 0.3) is 0 Å². The summed E-state index contributed by atoms with van der Waals surface area (Å²) >= 11 is 12.0. The van der Waals surface area contributed by atoms with Crippen molar-refractivity contribution in [1.29, 1.82) is 0 Å². The topological polar surface area (TPSA) is 35.5 Å². The Kier molecular flexibility index (Phi) is 8.27. The van der Waals surface area contributed by atoms with Crippen LogP contribution >= 0.6 is 23.2 Å². The van der Waals surface area contributed by atoms with Crippen molar-refractivity contribution in [2.45, 2.75) is 24.7 Å². The number of carbonyl (C=O) groups excluding carboxylic acids is 1. The molecule has 2 rings (SSSR count). The average molecular weight is 395 g/mol. The van der Waals surface area contributed by atoms with Crippen molar-refractivity contribution < 1.29 is 14.3 Å². The van der Waals surface area contributed by atoms with Gasteiger partial charge >= 0.3 is 0 Å². The standard InChI is InChI=1S/C21H24Cl2O3/c1-25-17-7-3-15(4-8-17)19(11-13-22)21(24)20(12-14-23)16-5-9-18(26-2)10-6-16/h3-10,19-20H,11-14H2,1-2H3. The summed E-state index contributed by atoms with van der Waals surface area (Å²) in [5.41, 5.74) is 1.90. The number of alkyl halides is 2. The highest BCUT2D eigenvalue weighted by molar-refractivity contribution is 6.18. The first-order valence-electron chi connectivity index (χ1n) is 8.58. The van der Waals surface area contributed by atoms with E-state index in [1.807, 2.05) is 48.5 Å². The monoisotopic (exact) mass is 394 g/mol. The summed E-state index contributed by atoms with van der Waals surface area (Å²) in [6, 6.07) is 15.2. The van der Waals surface area contributed by atoms with Crippen LogP contribution in [0.25, 0.3) is 0 Å². The molecule has 0 bridgehead atoms. The van der Waals surface area contributed by atoms with E-state index >= 15 is 0 Å². The van der Waals surface area contributed by atoms with Gasteiger partial charge in [-0.15, -0.1) is 23.2 Å². The van der Waals surface area contributed by atoms with E-state index in [0.717, 1.165) is 22.6 Å². The summed E-state index contributed by atoms with van der Waals surface area (Å²) in [4.78, 5) is 13.4. The highest BCUT2D eigenvalue weighted by atomic mass is 35.5. The number of rotatable bonds is 10. The molecule has 0 aliphatic carbocycles. The second kappa shape index (κ2) is 10.4. The maximum absolute atomic E-state index is 13.4. The molecule has 0 heterocycles. The van der Waals surface area contributed by atoms with Crippen molar-refractivity contribution in [2.24, 2.45) is 0 Å². The second-order valence-electron chi connectivity index (χ2n) is 6.01. The van der Waals surface area contributed by atoms with Gasteiger partial charge in [0.05, 0.1) is 14.2 Å². The van der Waals surface area contributed by atoms with Gasteiger partial charge in [0, 0.05) is 23.6 Å². The molecule has 2 aromatic rings. The van der Waals surface area contributed by atoms with Crippen LogP contribution < -0.4 is 9.47 Å². The van der Waals surface area contributed by atoms with Crippen molar-refractivity contribution in [2.75, 3.05) is 26.0 Å². The summed E-state index contributed by atoms with van der Waals surface area (Å²) in [5.74, 6) is 1.96. The summed E-state index contributed by atoms with van der Waals surface area (Å²) in [6.45, 7) is 0. The fraction of sp³-hybridized carbons (Fsp3) is 0.381. The predicted molar refractivity (Wildman–Crippen MR) is 107 cm³/mol. The van der Waals surface area contributed by atoms with Crippen LogP contribution in [0.15, 0.2) is 48.5 Å². The number of halogens is 2. The maximum atomic E-state index is 13.4. The third-order valence-electron chi connectivity index (χ3n) is 4.52. The molecule has 0 aliphatic rings. The van der Waals surface area contributed by atoms with Gasteiger partial charge in [0.15, 0.2) is 0 Å². The number of Topliss-reactive ketones (excluding diaryl/α,β-unsaturated/α-hetero) is 1. The normalized spacial score (nSPS) is 13.1. The minimum Gasteiger partial charge on any atom is -0.497 e. The van der Waals surface area contributed by atoms with Gasteiger partial charge < -0.3 is 9.47 Å². The molecule has 2 atom stereocenters. The molecule has 0 radical (unpaired) electrons. The number of ether oxygens (including phenoxy) is 2. The van der Waals surface area contributed by atoms with Crippen LogP contribution in [0.2, 0.25) is 0 Å². The first-order valence-corrected chi connectivity index (χ1v) is 9.65. The molecule has 5 heteroatoms. The third kappa shape index (κ3) is 5.15. The van der Waals surface area contributed by atoms with Crippen molar-refractivity contribution in [3.63, 3.8) is 0 Å². The maximum Gasteiger partial charge on any atom is 0.147 e. The van der Waals surface area contributed by atoms with E-state index in [2.05, 4.69) is 0 Å². The highest BCUT2D eigenvalue weighted by Crippen LogP contribution is 2.33. The first-order chi connectivity index (χ1) is 12.6. The van der Waals surface area contributed by atoms with Gasteiger partial charge in [0.1, 0.15) is 17.3 Å². The highest BCUT2D eigenvalue weighted by Gasteiger charge is 2.28. The van der Waals surface area contributed by atoms with Gasteiger partial charge in [0.2, 0.25) is 0 Å². The van der Waals surface area contributed by atoms with Crippen LogP contribution in [0, 0.1) is 0 Å². The Morgan fingerprint density at radius 1 is 0.769 bits per heavy atom. The molecule has 26 heavy (non-hydrogen) atoms. The molecule has 3 nitrogen and oxygen atoms in total. The Morgan fingerprint density at radius 2 is 1.12 bits per heavy atom. The van der Waals surface area contributed by atoms with E-state index in [-0.39, 0.29) is 17.6 Å². The average Bonchev–Trinajstić information content (AvgIpc) is 2.70. The predicted octanol–water partition coefficient (Wildman–Crippen LogP) is 5.40. The molecule has 0 saturated heterocycles. The van der Waals surface area contributed by atoms with Crippen molar-refractivity contribution in [3.8, 4) is 11.5 Å². The zero-order valence-electron chi connectivity index (χ0n) is 15.1. The van der Waals surface area contributed by atoms with Crippen LogP contribution in [0.1, 0.15) is 35.8 Å². The van der Waals surface area contributed by atoms with Crippen LogP contribution in [0.4, 0.5) is 0 Å². The molecule has 0 spiro atoms. The number of hydrogen-bond donors (Lipinski definition) is 0. The van der Waals surface area contributed by atoms with Crippen molar-refractivity contribution in [3.05, 3.63) is 59.7 Å². The zero-order valence-corrected chi connectivity index (χ0v) is 16.6. The minimum atomic E-state index is -0.270. The smallest absolute Gasteiger partial charge is 0.147 e. The summed E-state index contributed by atoms with van der Waals surface area (Å²) in [7, 11) is 3.24. The molecule has 0 aromatic heterocycles. The van der Waals surface area contributed by atoms with Crippen LogP contribution in [-0.4, -0.2) is 31.8 Å². The summed E-state index contributed by atoms with van der Waals surface area (Å²) < 4.78 is 10.4. The lowest BCUT2D eigenvalue weighted by atomic mass is 9.81. The summed E-state index contributed by atoms with van der Waals surface area (Å²) in [5, 5.41) is 0. The van der Waals surface area contributed by atoms with E-state index in [1.165, 1.54) is 0 Å². The molecular formula is C21H24Cl2O3. The SMILES string of the molecule is COc1ccc(C(CCCl)C(=O)C(CCCl)c2ccc(OC)cc2)cc1. The van der Waals surface area contributed by atoms with E-state index in [4.69, 9.17) is 32.7 Å². The van der Waals surface area contributed by atoms with Gasteiger partial charge in [-0.05, 0) is 48.2 Å². The molecule has 140 valence electrons. The van der Waals surface area contributed by atoms with Gasteiger partial charge in [-0.25, -0.2) is 0 Å². The lowest BCUT2D eigenvalue weighted by Gasteiger charge is -2.23. The Morgan fingerprint density at radius 3 is 1.38 bits per heavy atom. The van der Waals surface area contributed by atoms with E-state index in [1.54, 1.807) is 14.2 Å². The lowest BCUT2D eigenvalue weighted by Crippen LogP contribution is -2.22. The van der Waals surface area contributed by atoms with Gasteiger partial charge in [-0.1, -0.05) is 24.3 Å². The minimum absolute atomic E-state index is 0.140. The number of benzene rings is 2. The van der Waals surface area contributed by atoms with Crippen LogP contribution in [-0.2, 0) is 4.79 Å². The fourth-order valence-corrected chi connectivity index (χ4v) is 3.52. The molecule has 0 fully saturated rings. The molecule has 0 amide bonds.